The number of aliphatic hydroxyl groups excluding tert-OH is 1. The molecule has 1 atom stereocenters. The van der Waals surface area contributed by atoms with Gasteiger partial charge in [-0.15, -0.1) is 0 Å². The summed E-state index contributed by atoms with van der Waals surface area (Å²) in [5.74, 6) is -3.34. The largest absolute Gasteiger partial charge is 0.507 e. The van der Waals surface area contributed by atoms with Crippen molar-refractivity contribution < 1.29 is 32.6 Å². The van der Waals surface area contributed by atoms with Crippen molar-refractivity contribution in [1.82, 2.24) is 0 Å². The van der Waals surface area contributed by atoms with Gasteiger partial charge in [-0.1, -0.05) is 0 Å². The maximum atomic E-state index is 14.6. The Bertz CT molecular complexity index is 1280. The summed E-state index contributed by atoms with van der Waals surface area (Å²) in [7, 11) is 1.47. The average molecular weight is 504 g/mol. The Morgan fingerprint density at radius 2 is 1.88 bits per heavy atom. The molecule has 1 fully saturated rings. The third kappa shape index (κ3) is 3.58. The van der Waals surface area contributed by atoms with Crippen molar-refractivity contribution in [3.63, 3.8) is 0 Å². The molecule has 9 heteroatoms. The number of halogens is 3. The molecule has 1 N–H and O–H groups in total. The topological polar surface area (TPSA) is 80.0 Å². The molecule has 1 aromatic heterocycles. The second-order valence-corrected chi connectivity index (χ2v) is 7.92. The summed E-state index contributed by atoms with van der Waals surface area (Å²) in [5.41, 5.74) is -0.379. The molecule has 0 bridgehead atoms. The minimum Gasteiger partial charge on any atom is -0.507 e. The summed E-state index contributed by atoms with van der Waals surface area (Å²) in [6, 6.07) is 9.12. The van der Waals surface area contributed by atoms with Gasteiger partial charge in [0.25, 0.3) is 11.7 Å². The molecule has 0 aliphatic carbocycles. The number of benzene rings is 2. The van der Waals surface area contributed by atoms with Crippen LogP contribution < -0.4 is 9.64 Å². The summed E-state index contributed by atoms with van der Waals surface area (Å²) in [4.78, 5) is 26.8. The second-order valence-electron chi connectivity index (χ2n) is 7.06. The zero-order chi connectivity index (χ0) is 23.2. The molecule has 32 heavy (non-hydrogen) atoms. The first-order valence-electron chi connectivity index (χ1n) is 9.39. The molecule has 0 radical (unpaired) electrons. The van der Waals surface area contributed by atoms with Crippen LogP contribution in [0.15, 0.2) is 63.0 Å². The standard InChI is InChI=1S/C23H16BrF2NO5/c1-11-3-7-18(32-11)20-19(21(28)12-4-8-17(31-2)14(24)9-12)22(29)23(30)27(20)16-6-5-13(25)10-15(16)26/h3-10,20,28H,1-2H3/b21-19-. The predicted octanol–water partition coefficient (Wildman–Crippen LogP) is 5.26. The molecule has 4 rings (SSSR count). The molecule has 0 spiro atoms. The SMILES string of the molecule is COc1ccc(/C(O)=C2/C(=O)C(=O)N(c3ccc(F)cc3F)C2c2ccc(C)o2)cc1Br. The molecular formula is C23H16BrF2NO5. The van der Waals surface area contributed by atoms with Crippen molar-refractivity contribution in [2.75, 3.05) is 12.0 Å². The number of nitrogens with zero attached hydrogens (tertiary/aromatic N) is 1. The van der Waals surface area contributed by atoms with Gasteiger partial charge in [-0.2, -0.15) is 0 Å². The monoisotopic (exact) mass is 503 g/mol. The lowest BCUT2D eigenvalue weighted by molar-refractivity contribution is -0.132. The number of Topliss-reactive ketones (excluding diaryl/α,β-unsaturated/α-hetero) is 1. The van der Waals surface area contributed by atoms with Crippen molar-refractivity contribution in [1.29, 1.82) is 0 Å². The number of ketones is 1. The Morgan fingerprint density at radius 1 is 1.12 bits per heavy atom. The molecule has 0 saturated carbocycles. The van der Waals surface area contributed by atoms with Crippen LogP contribution in [0.1, 0.15) is 23.1 Å². The van der Waals surface area contributed by atoms with E-state index in [0.29, 0.717) is 22.0 Å². The van der Waals surface area contributed by atoms with E-state index in [4.69, 9.17) is 9.15 Å². The minimum absolute atomic E-state index is 0.138. The van der Waals surface area contributed by atoms with Gasteiger partial charge in [-0.05, 0) is 65.3 Å². The van der Waals surface area contributed by atoms with Crippen LogP contribution in [0.5, 0.6) is 5.75 Å². The molecular weight excluding hydrogens is 488 g/mol. The molecule has 1 aliphatic heterocycles. The van der Waals surface area contributed by atoms with Crippen LogP contribution in [0.3, 0.4) is 0 Å². The highest BCUT2D eigenvalue weighted by Crippen LogP contribution is 2.44. The van der Waals surface area contributed by atoms with E-state index in [9.17, 15) is 23.5 Å². The molecule has 1 saturated heterocycles. The van der Waals surface area contributed by atoms with Crippen molar-refractivity contribution in [2.45, 2.75) is 13.0 Å². The fraction of sp³-hybridized carbons (Fsp3) is 0.130. The lowest BCUT2D eigenvalue weighted by Crippen LogP contribution is -2.30. The van der Waals surface area contributed by atoms with Crippen LogP contribution in [0.2, 0.25) is 0 Å². The van der Waals surface area contributed by atoms with Gasteiger partial charge in [0.05, 0.1) is 22.8 Å². The van der Waals surface area contributed by atoms with E-state index in [1.54, 1.807) is 19.1 Å². The summed E-state index contributed by atoms with van der Waals surface area (Å²) in [6.07, 6.45) is 0. The normalized spacial score (nSPS) is 17.8. The summed E-state index contributed by atoms with van der Waals surface area (Å²) < 4.78 is 39.4. The van der Waals surface area contributed by atoms with Crippen molar-refractivity contribution >= 4 is 39.1 Å². The molecule has 3 aromatic rings. The summed E-state index contributed by atoms with van der Waals surface area (Å²) >= 11 is 3.31. The highest BCUT2D eigenvalue weighted by atomic mass is 79.9. The van der Waals surface area contributed by atoms with Gasteiger partial charge < -0.3 is 14.3 Å². The number of carbonyl (C=O) groups is 2. The number of anilines is 1. The average Bonchev–Trinajstić information content (AvgIpc) is 3.29. The summed E-state index contributed by atoms with van der Waals surface area (Å²) in [6.45, 7) is 1.66. The molecule has 6 nitrogen and oxygen atoms in total. The number of aryl methyl sites for hydroxylation is 1. The summed E-state index contributed by atoms with van der Waals surface area (Å²) in [5, 5.41) is 11.0. The van der Waals surface area contributed by atoms with Crippen LogP contribution in [0.4, 0.5) is 14.5 Å². The number of amides is 1. The zero-order valence-electron chi connectivity index (χ0n) is 16.9. The van der Waals surface area contributed by atoms with Crippen molar-refractivity contribution in [3.8, 4) is 5.75 Å². The van der Waals surface area contributed by atoms with Crippen molar-refractivity contribution in [3.05, 3.63) is 87.3 Å². The number of furan rings is 1. The van der Waals surface area contributed by atoms with Crippen LogP contribution in [0, 0.1) is 18.6 Å². The van der Waals surface area contributed by atoms with Gasteiger partial charge in [-0.25, -0.2) is 8.78 Å². The Labute approximate surface area is 189 Å². The van der Waals surface area contributed by atoms with Gasteiger partial charge in [0.2, 0.25) is 0 Å². The van der Waals surface area contributed by atoms with Gasteiger partial charge >= 0.3 is 0 Å². The molecule has 1 unspecified atom stereocenters. The molecule has 2 heterocycles. The van der Waals surface area contributed by atoms with E-state index >= 15 is 0 Å². The van der Waals surface area contributed by atoms with E-state index < -0.39 is 35.1 Å². The highest BCUT2D eigenvalue weighted by Gasteiger charge is 2.49. The number of aliphatic hydroxyl groups is 1. The van der Waals surface area contributed by atoms with Gasteiger partial charge in [0, 0.05) is 11.6 Å². The third-order valence-corrected chi connectivity index (χ3v) is 5.69. The number of methoxy groups -OCH3 is 1. The predicted molar refractivity (Wildman–Crippen MR) is 115 cm³/mol. The zero-order valence-corrected chi connectivity index (χ0v) is 18.4. The number of carbonyl (C=O) groups excluding carboxylic acids is 2. The Morgan fingerprint density at radius 3 is 2.47 bits per heavy atom. The maximum absolute atomic E-state index is 14.6. The first-order valence-corrected chi connectivity index (χ1v) is 10.2. The highest BCUT2D eigenvalue weighted by molar-refractivity contribution is 9.10. The lowest BCUT2D eigenvalue weighted by Gasteiger charge is -2.23. The van der Waals surface area contributed by atoms with Crippen LogP contribution in [0.25, 0.3) is 5.76 Å². The second kappa shape index (κ2) is 8.23. The van der Waals surface area contributed by atoms with E-state index in [0.717, 1.165) is 17.0 Å². The molecule has 164 valence electrons. The fourth-order valence-corrected chi connectivity index (χ4v) is 4.14. The molecule has 2 aromatic carbocycles. The quantitative estimate of drug-likeness (QED) is 0.298. The van der Waals surface area contributed by atoms with Gasteiger partial charge in [0.1, 0.15) is 40.7 Å². The van der Waals surface area contributed by atoms with Crippen molar-refractivity contribution in [2.24, 2.45) is 0 Å². The molecule has 1 amide bonds. The van der Waals surface area contributed by atoms with E-state index in [-0.39, 0.29) is 22.6 Å². The van der Waals surface area contributed by atoms with Gasteiger partial charge in [0.15, 0.2) is 0 Å². The first kappa shape index (κ1) is 21.8. The van der Waals surface area contributed by atoms with Crippen LogP contribution in [-0.2, 0) is 9.59 Å². The van der Waals surface area contributed by atoms with E-state index in [2.05, 4.69) is 15.9 Å². The first-order chi connectivity index (χ1) is 15.2. The number of rotatable bonds is 4. The van der Waals surface area contributed by atoms with E-state index in [1.807, 2.05) is 0 Å². The van der Waals surface area contributed by atoms with Crippen LogP contribution in [-0.4, -0.2) is 23.9 Å². The smallest absolute Gasteiger partial charge is 0.300 e. The minimum atomic E-state index is -1.26. The maximum Gasteiger partial charge on any atom is 0.300 e. The number of hydrogen-bond donors (Lipinski definition) is 1. The van der Waals surface area contributed by atoms with Gasteiger partial charge in [-0.3, -0.25) is 14.5 Å². The number of ether oxygens (including phenoxy) is 1. The fourth-order valence-electron chi connectivity index (χ4n) is 3.60. The van der Waals surface area contributed by atoms with Crippen LogP contribution >= 0.6 is 15.9 Å². The number of hydrogen-bond acceptors (Lipinski definition) is 5. The Balaban J connectivity index is 1.95. The van der Waals surface area contributed by atoms with E-state index in [1.165, 1.54) is 25.3 Å². The molecule has 1 aliphatic rings. The lowest BCUT2D eigenvalue weighted by atomic mass is 9.99. The Kier molecular flexibility index (Phi) is 5.60. The third-order valence-electron chi connectivity index (χ3n) is 5.07. The Hall–Kier alpha value is -3.46.